The van der Waals surface area contributed by atoms with Gasteiger partial charge in [0.15, 0.2) is 0 Å². The number of rotatable bonds is 7. The van der Waals surface area contributed by atoms with Crippen molar-refractivity contribution in [1.82, 2.24) is 4.72 Å². The van der Waals surface area contributed by atoms with Crippen molar-refractivity contribution in [2.75, 3.05) is 0 Å². The summed E-state index contributed by atoms with van der Waals surface area (Å²) in [6, 6.07) is 2.49. The molecule has 1 aromatic rings. The molecule has 1 atom stereocenters. The lowest BCUT2D eigenvalue weighted by molar-refractivity contribution is 0.533. The Bertz CT molecular complexity index is 559. The lowest BCUT2D eigenvalue weighted by Crippen LogP contribution is -2.32. The Kier molecular flexibility index (Phi) is 6.10. The molecule has 0 aliphatic heterocycles. The van der Waals surface area contributed by atoms with Gasteiger partial charge in [-0.2, -0.15) is 0 Å². The van der Waals surface area contributed by atoms with E-state index in [1.54, 1.807) is 0 Å². The van der Waals surface area contributed by atoms with Crippen LogP contribution < -0.4 is 10.5 Å². The van der Waals surface area contributed by atoms with E-state index in [9.17, 15) is 12.8 Å². The van der Waals surface area contributed by atoms with Crippen LogP contribution in [-0.4, -0.2) is 14.5 Å². The lowest BCUT2D eigenvalue weighted by Gasteiger charge is -2.15. The second-order valence-electron chi connectivity index (χ2n) is 5.08. The Morgan fingerprint density at radius 3 is 2.60 bits per heavy atom. The zero-order chi connectivity index (χ0) is 15.3. The van der Waals surface area contributed by atoms with Gasteiger partial charge < -0.3 is 5.73 Å². The van der Waals surface area contributed by atoms with Crippen LogP contribution >= 0.6 is 0 Å². The highest BCUT2D eigenvalue weighted by Gasteiger charge is 2.19. The van der Waals surface area contributed by atoms with Crippen molar-refractivity contribution >= 4 is 10.0 Å². The van der Waals surface area contributed by atoms with E-state index in [1.807, 2.05) is 6.92 Å². The fourth-order valence-electron chi connectivity index (χ4n) is 2.01. The number of benzene rings is 1. The molecule has 6 heteroatoms. The normalized spacial score (nSPS) is 13.4. The van der Waals surface area contributed by atoms with E-state index in [0.717, 1.165) is 19.3 Å². The molecule has 0 bridgehead atoms. The average molecular weight is 302 g/mol. The second kappa shape index (κ2) is 7.15. The van der Waals surface area contributed by atoms with Crippen LogP contribution in [0.5, 0.6) is 0 Å². The third-order valence-electron chi connectivity index (χ3n) is 3.18. The van der Waals surface area contributed by atoms with Crippen molar-refractivity contribution in [3.05, 3.63) is 29.1 Å². The molecule has 20 heavy (non-hydrogen) atoms. The number of nitrogens with two attached hydrogens (primary N) is 1. The monoisotopic (exact) mass is 302 g/mol. The molecule has 0 saturated carbocycles. The van der Waals surface area contributed by atoms with Crippen LogP contribution in [-0.2, 0) is 16.6 Å². The Balaban J connectivity index is 3.01. The minimum absolute atomic E-state index is 0.0264. The molecule has 0 radical (unpaired) electrons. The highest BCUT2D eigenvalue weighted by atomic mass is 32.2. The van der Waals surface area contributed by atoms with Crippen molar-refractivity contribution in [2.24, 2.45) is 5.73 Å². The summed E-state index contributed by atoms with van der Waals surface area (Å²) in [7, 11) is -3.63. The van der Waals surface area contributed by atoms with Gasteiger partial charge in [0.05, 0.1) is 4.90 Å². The summed E-state index contributed by atoms with van der Waals surface area (Å²) < 4.78 is 40.8. The maximum absolute atomic E-state index is 13.7. The Hall–Kier alpha value is -0.980. The largest absolute Gasteiger partial charge is 0.326 e. The van der Waals surface area contributed by atoms with Crippen LogP contribution in [0.3, 0.4) is 0 Å². The number of hydrogen-bond acceptors (Lipinski definition) is 3. The summed E-state index contributed by atoms with van der Waals surface area (Å²) in [5.74, 6) is -0.439. The van der Waals surface area contributed by atoms with Crippen molar-refractivity contribution in [1.29, 1.82) is 0 Å². The summed E-state index contributed by atoms with van der Waals surface area (Å²) in [4.78, 5) is 0.0696. The molecule has 0 heterocycles. The molecular formula is C14H23FN2O2S. The highest BCUT2D eigenvalue weighted by Crippen LogP contribution is 2.19. The molecular weight excluding hydrogens is 279 g/mol. The summed E-state index contributed by atoms with van der Waals surface area (Å²) in [6.07, 6.45) is 2.75. The quantitative estimate of drug-likeness (QED) is 0.812. The molecule has 114 valence electrons. The van der Waals surface area contributed by atoms with Crippen molar-refractivity contribution in [2.45, 2.75) is 57.5 Å². The van der Waals surface area contributed by atoms with E-state index < -0.39 is 15.8 Å². The van der Waals surface area contributed by atoms with E-state index in [2.05, 4.69) is 11.6 Å². The van der Waals surface area contributed by atoms with Gasteiger partial charge in [0.25, 0.3) is 0 Å². The van der Waals surface area contributed by atoms with E-state index in [0.29, 0.717) is 0 Å². The number of hydrogen-bond donors (Lipinski definition) is 2. The van der Waals surface area contributed by atoms with E-state index in [-0.39, 0.29) is 28.6 Å². The Morgan fingerprint density at radius 1 is 1.40 bits per heavy atom. The van der Waals surface area contributed by atoms with Crippen LogP contribution in [0.25, 0.3) is 0 Å². The molecule has 0 amide bonds. The second-order valence-corrected chi connectivity index (χ2v) is 6.80. The van der Waals surface area contributed by atoms with Crippen molar-refractivity contribution in [3.63, 3.8) is 0 Å². The summed E-state index contributed by atoms with van der Waals surface area (Å²) >= 11 is 0. The first-order chi connectivity index (χ1) is 9.31. The predicted octanol–water partition coefficient (Wildman–Crippen LogP) is 2.45. The van der Waals surface area contributed by atoms with Gasteiger partial charge in [-0.15, -0.1) is 0 Å². The molecule has 0 aliphatic carbocycles. The molecule has 3 N–H and O–H groups in total. The van der Waals surface area contributed by atoms with Crippen molar-refractivity contribution in [3.8, 4) is 0 Å². The first-order valence-electron chi connectivity index (χ1n) is 6.83. The van der Waals surface area contributed by atoms with Crippen LogP contribution in [0.2, 0.25) is 0 Å². The van der Waals surface area contributed by atoms with E-state index in [4.69, 9.17) is 5.73 Å². The topological polar surface area (TPSA) is 72.2 Å². The Labute approximate surface area is 120 Å². The molecule has 0 spiro atoms. The predicted molar refractivity (Wildman–Crippen MR) is 78.3 cm³/mol. The minimum Gasteiger partial charge on any atom is -0.326 e. The smallest absolute Gasteiger partial charge is 0.240 e. The number of unbranched alkanes of at least 4 members (excludes halogenated alkanes) is 1. The molecule has 0 aliphatic rings. The van der Waals surface area contributed by atoms with E-state index in [1.165, 1.54) is 19.1 Å². The summed E-state index contributed by atoms with van der Waals surface area (Å²) in [6.45, 7) is 5.39. The fraction of sp³-hybridized carbons (Fsp3) is 0.571. The molecule has 1 unspecified atom stereocenters. The summed E-state index contributed by atoms with van der Waals surface area (Å²) in [5.41, 5.74) is 5.94. The maximum atomic E-state index is 13.7. The molecule has 1 rings (SSSR count). The van der Waals surface area contributed by atoms with Crippen molar-refractivity contribution < 1.29 is 12.8 Å². The molecule has 4 nitrogen and oxygen atoms in total. The standard InChI is InChI=1S/C14H23FN2O2S/c1-4-5-6-11(3)17-20(18,19)13-7-10(2)14(15)12(8-13)9-16/h7-8,11,17H,4-6,9,16H2,1-3H3. The van der Waals surface area contributed by atoms with Gasteiger partial charge in [0, 0.05) is 18.2 Å². The van der Waals surface area contributed by atoms with Gasteiger partial charge in [0.2, 0.25) is 10.0 Å². The van der Waals surface area contributed by atoms with Gasteiger partial charge in [-0.05, 0) is 38.0 Å². The first kappa shape index (κ1) is 17.1. The molecule has 0 aromatic heterocycles. The van der Waals surface area contributed by atoms with Crippen LogP contribution in [0.15, 0.2) is 17.0 Å². The van der Waals surface area contributed by atoms with Gasteiger partial charge in [-0.1, -0.05) is 19.8 Å². The zero-order valence-corrected chi connectivity index (χ0v) is 13.1. The minimum atomic E-state index is -3.63. The SMILES string of the molecule is CCCCC(C)NS(=O)(=O)c1cc(C)c(F)c(CN)c1. The highest BCUT2D eigenvalue weighted by molar-refractivity contribution is 7.89. The first-order valence-corrected chi connectivity index (χ1v) is 8.31. The van der Waals surface area contributed by atoms with Crippen LogP contribution in [0, 0.1) is 12.7 Å². The number of sulfonamides is 1. The van der Waals surface area contributed by atoms with Gasteiger partial charge in [0.1, 0.15) is 5.82 Å². The number of halogens is 1. The zero-order valence-electron chi connectivity index (χ0n) is 12.2. The van der Waals surface area contributed by atoms with Gasteiger partial charge in [-0.3, -0.25) is 0 Å². The number of aryl methyl sites for hydroxylation is 1. The Morgan fingerprint density at radius 2 is 2.05 bits per heavy atom. The third kappa shape index (κ3) is 4.26. The lowest BCUT2D eigenvalue weighted by atomic mass is 10.1. The summed E-state index contributed by atoms with van der Waals surface area (Å²) in [5, 5.41) is 0. The third-order valence-corrected chi connectivity index (χ3v) is 4.75. The maximum Gasteiger partial charge on any atom is 0.240 e. The van der Waals surface area contributed by atoms with Crippen LogP contribution in [0.1, 0.15) is 44.2 Å². The molecule has 0 saturated heterocycles. The molecule has 1 aromatic carbocycles. The number of nitrogens with one attached hydrogen (secondary N) is 1. The van der Waals surface area contributed by atoms with E-state index >= 15 is 0 Å². The average Bonchev–Trinajstić information content (AvgIpc) is 2.38. The fourth-order valence-corrected chi connectivity index (χ4v) is 3.43. The van der Waals surface area contributed by atoms with Crippen LogP contribution in [0.4, 0.5) is 4.39 Å². The molecule has 0 fully saturated rings. The van der Waals surface area contributed by atoms with Gasteiger partial charge >= 0.3 is 0 Å². The van der Waals surface area contributed by atoms with Gasteiger partial charge in [-0.25, -0.2) is 17.5 Å².